The van der Waals surface area contributed by atoms with Crippen LogP contribution in [0.5, 0.6) is 5.75 Å². The highest BCUT2D eigenvalue weighted by atomic mass is 79.9. The molecule has 1 aromatic heterocycles. The van der Waals surface area contributed by atoms with Crippen LogP contribution in [0, 0.1) is 11.3 Å². The van der Waals surface area contributed by atoms with Crippen molar-refractivity contribution in [3.05, 3.63) is 39.5 Å². The number of hydrogen-bond acceptors (Lipinski definition) is 4. The van der Waals surface area contributed by atoms with Crippen LogP contribution in [-0.4, -0.2) is 11.6 Å². The number of fused-ring (bicyclic) bond motifs is 1. The number of anilines is 1. The van der Waals surface area contributed by atoms with Gasteiger partial charge in [-0.15, -0.1) is 0 Å². The van der Waals surface area contributed by atoms with Gasteiger partial charge in [-0.1, -0.05) is 15.9 Å². The van der Waals surface area contributed by atoms with E-state index in [1.54, 1.807) is 0 Å². The van der Waals surface area contributed by atoms with Crippen LogP contribution in [0.3, 0.4) is 0 Å². The molecule has 23 heavy (non-hydrogen) atoms. The highest BCUT2D eigenvalue weighted by Crippen LogP contribution is 2.41. The molecule has 0 spiro atoms. The molecule has 3 rings (SSSR count). The Morgan fingerprint density at radius 1 is 1.35 bits per heavy atom. The fraction of sp³-hybridized carbons (Fsp3) is 0.333. The number of nitriles is 1. The van der Waals surface area contributed by atoms with Gasteiger partial charge < -0.3 is 10.5 Å². The first kappa shape index (κ1) is 15.8. The van der Waals surface area contributed by atoms with Gasteiger partial charge in [0.05, 0.1) is 6.61 Å². The lowest BCUT2D eigenvalue weighted by molar-refractivity contribution is 0.341. The molecule has 1 aliphatic rings. The predicted molar refractivity (Wildman–Crippen MR) is 94.3 cm³/mol. The molecular weight excluding hydrogens is 354 g/mol. The van der Waals surface area contributed by atoms with Crippen LogP contribution < -0.4 is 10.5 Å². The molecular formula is C18H18BrN3O. The number of hydrogen-bond donors (Lipinski definition) is 1. The second-order valence-corrected chi connectivity index (χ2v) is 6.48. The van der Waals surface area contributed by atoms with Crippen molar-refractivity contribution in [2.75, 3.05) is 12.3 Å². The normalized spacial score (nSPS) is 13.3. The summed E-state index contributed by atoms with van der Waals surface area (Å²) in [7, 11) is 0. The third-order valence-electron chi connectivity index (χ3n) is 4.12. The molecule has 0 unspecified atom stereocenters. The molecule has 2 N–H and O–H groups in total. The molecule has 0 atom stereocenters. The molecule has 1 aromatic carbocycles. The lowest BCUT2D eigenvalue weighted by Crippen LogP contribution is -2.12. The number of ether oxygens (including phenoxy) is 1. The average molecular weight is 372 g/mol. The molecule has 0 saturated heterocycles. The Hall–Kier alpha value is -2.06. The number of rotatable bonds is 3. The minimum Gasteiger partial charge on any atom is -0.493 e. The molecule has 0 aliphatic heterocycles. The number of benzene rings is 1. The quantitative estimate of drug-likeness (QED) is 0.875. The first-order valence-electron chi connectivity index (χ1n) is 7.79. The van der Waals surface area contributed by atoms with Crippen molar-refractivity contribution in [2.45, 2.75) is 32.6 Å². The zero-order valence-corrected chi connectivity index (χ0v) is 14.6. The summed E-state index contributed by atoms with van der Waals surface area (Å²) in [6.07, 6.45) is 4.05. The Bertz CT molecular complexity index is 796. The second-order valence-electron chi connectivity index (χ2n) is 5.56. The Labute approximate surface area is 144 Å². The standard InChI is InChI=1S/C18H18BrN3O/c1-2-23-16-8-7-11(19)9-13(16)17-12-5-3-4-6-15(12)22-18(21)14(17)10-20/h7-9H,2-6H2,1H3,(H2,21,22). The molecule has 0 amide bonds. The largest absolute Gasteiger partial charge is 0.493 e. The van der Waals surface area contributed by atoms with Gasteiger partial charge in [0.2, 0.25) is 0 Å². The van der Waals surface area contributed by atoms with Gasteiger partial charge in [0.25, 0.3) is 0 Å². The van der Waals surface area contributed by atoms with Crippen molar-refractivity contribution in [3.63, 3.8) is 0 Å². The van der Waals surface area contributed by atoms with Crippen LogP contribution in [0.4, 0.5) is 5.82 Å². The minimum atomic E-state index is 0.311. The van der Waals surface area contributed by atoms with Gasteiger partial charge in [-0.25, -0.2) is 4.98 Å². The summed E-state index contributed by atoms with van der Waals surface area (Å²) in [5.41, 5.74) is 10.5. The maximum atomic E-state index is 9.63. The van der Waals surface area contributed by atoms with Crippen molar-refractivity contribution in [2.24, 2.45) is 0 Å². The summed E-state index contributed by atoms with van der Waals surface area (Å²) in [4.78, 5) is 4.47. The van der Waals surface area contributed by atoms with Crippen LogP contribution in [0.2, 0.25) is 0 Å². The first-order valence-corrected chi connectivity index (χ1v) is 8.59. The highest BCUT2D eigenvalue weighted by molar-refractivity contribution is 9.10. The minimum absolute atomic E-state index is 0.311. The van der Waals surface area contributed by atoms with Crippen LogP contribution in [0.15, 0.2) is 22.7 Å². The molecule has 1 aliphatic carbocycles. The smallest absolute Gasteiger partial charge is 0.142 e. The van der Waals surface area contributed by atoms with Gasteiger partial charge >= 0.3 is 0 Å². The van der Waals surface area contributed by atoms with E-state index < -0.39 is 0 Å². The highest BCUT2D eigenvalue weighted by Gasteiger charge is 2.24. The van der Waals surface area contributed by atoms with Gasteiger partial charge in [-0.05, 0) is 56.4 Å². The van der Waals surface area contributed by atoms with E-state index in [-0.39, 0.29) is 0 Å². The van der Waals surface area contributed by atoms with E-state index in [9.17, 15) is 5.26 Å². The molecule has 0 radical (unpaired) electrons. The lowest BCUT2D eigenvalue weighted by atomic mass is 9.86. The lowest BCUT2D eigenvalue weighted by Gasteiger charge is -2.22. The van der Waals surface area contributed by atoms with Crippen molar-refractivity contribution >= 4 is 21.7 Å². The Balaban J connectivity index is 2.33. The van der Waals surface area contributed by atoms with Crippen molar-refractivity contribution in [3.8, 4) is 22.9 Å². The van der Waals surface area contributed by atoms with Gasteiger partial charge in [0.15, 0.2) is 0 Å². The Kier molecular flexibility index (Phi) is 4.53. The van der Waals surface area contributed by atoms with Crippen LogP contribution in [0.1, 0.15) is 36.6 Å². The predicted octanol–water partition coefficient (Wildman–Crippen LogP) is 4.24. The molecule has 118 valence electrons. The summed E-state index contributed by atoms with van der Waals surface area (Å²) in [6.45, 7) is 2.52. The third-order valence-corrected chi connectivity index (χ3v) is 4.62. The fourth-order valence-corrected chi connectivity index (χ4v) is 3.51. The molecule has 0 bridgehead atoms. The topological polar surface area (TPSA) is 71.9 Å². The fourth-order valence-electron chi connectivity index (χ4n) is 3.15. The Morgan fingerprint density at radius 2 is 2.13 bits per heavy atom. The van der Waals surface area contributed by atoms with Crippen LogP contribution in [0.25, 0.3) is 11.1 Å². The van der Waals surface area contributed by atoms with Gasteiger partial charge in [0, 0.05) is 21.3 Å². The van der Waals surface area contributed by atoms with E-state index in [4.69, 9.17) is 10.5 Å². The maximum absolute atomic E-state index is 9.63. The molecule has 2 aromatic rings. The summed E-state index contributed by atoms with van der Waals surface area (Å²) < 4.78 is 6.73. The van der Waals surface area contributed by atoms with Crippen LogP contribution in [-0.2, 0) is 12.8 Å². The first-order chi connectivity index (χ1) is 11.2. The van der Waals surface area contributed by atoms with E-state index in [0.29, 0.717) is 18.0 Å². The molecule has 1 heterocycles. The molecule has 0 fully saturated rings. The van der Waals surface area contributed by atoms with Gasteiger partial charge in [-0.3, -0.25) is 0 Å². The number of aryl methyl sites for hydroxylation is 1. The van der Waals surface area contributed by atoms with Crippen molar-refractivity contribution in [1.82, 2.24) is 4.98 Å². The zero-order chi connectivity index (χ0) is 16.4. The number of nitrogen functional groups attached to an aromatic ring is 1. The van der Waals surface area contributed by atoms with E-state index in [1.807, 2.05) is 25.1 Å². The number of nitrogens with two attached hydrogens (primary N) is 1. The number of halogens is 1. The van der Waals surface area contributed by atoms with E-state index in [1.165, 1.54) is 0 Å². The summed E-state index contributed by atoms with van der Waals surface area (Å²) >= 11 is 3.52. The van der Waals surface area contributed by atoms with E-state index in [2.05, 4.69) is 27.0 Å². The zero-order valence-electron chi connectivity index (χ0n) is 13.0. The van der Waals surface area contributed by atoms with Gasteiger partial charge in [0.1, 0.15) is 23.2 Å². The molecule has 4 nitrogen and oxygen atoms in total. The number of pyridine rings is 1. The van der Waals surface area contributed by atoms with Crippen molar-refractivity contribution in [1.29, 1.82) is 5.26 Å². The average Bonchev–Trinajstić information content (AvgIpc) is 2.55. The SMILES string of the molecule is CCOc1ccc(Br)cc1-c1c(C#N)c(N)nc2c1CCCC2. The monoisotopic (exact) mass is 371 g/mol. The summed E-state index contributed by atoms with van der Waals surface area (Å²) in [6, 6.07) is 8.11. The van der Waals surface area contributed by atoms with E-state index in [0.717, 1.165) is 58.3 Å². The van der Waals surface area contributed by atoms with Crippen LogP contribution >= 0.6 is 15.9 Å². The Morgan fingerprint density at radius 3 is 2.87 bits per heavy atom. The summed E-state index contributed by atoms with van der Waals surface area (Å²) in [5.74, 6) is 1.08. The second kappa shape index (κ2) is 6.59. The number of aromatic nitrogens is 1. The maximum Gasteiger partial charge on any atom is 0.142 e. The van der Waals surface area contributed by atoms with Gasteiger partial charge in [-0.2, -0.15) is 5.26 Å². The summed E-state index contributed by atoms with van der Waals surface area (Å²) in [5, 5.41) is 9.63. The molecule has 5 heteroatoms. The van der Waals surface area contributed by atoms with E-state index >= 15 is 0 Å². The number of nitrogens with zero attached hydrogens (tertiary/aromatic N) is 2. The van der Waals surface area contributed by atoms with Crippen molar-refractivity contribution < 1.29 is 4.74 Å². The third kappa shape index (κ3) is 2.91. The molecule has 0 saturated carbocycles.